The lowest BCUT2D eigenvalue weighted by Gasteiger charge is -2.08. The highest BCUT2D eigenvalue weighted by Gasteiger charge is 2.21. The second-order valence-corrected chi connectivity index (χ2v) is 3.35. The molecule has 0 saturated carbocycles. The van der Waals surface area contributed by atoms with Crippen LogP contribution in [0.5, 0.6) is 0 Å². The van der Waals surface area contributed by atoms with Gasteiger partial charge in [-0.3, -0.25) is 0 Å². The van der Waals surface area contributed by atoms with Gasteiger partial charge < -0.3 is 20.1 Å². The molecule has 0 fully saturated rings. The minimum atomic E-state index is -0.722. The molecule has 0 amide bonds. The van der Waals surface area contributed by atoms with E-state index in [2.05, 4.69) is 10.1 Å². The average molecular weight is 215 g/mol. The molecule has 0 aliphatic carbocycles. The normalized spacial score (nSPS) is 17.4. The molecule has 3 unspecified atom stereocenters. The van der Waals surface area contributed by atoms with E-state index < -0.39 is 12.1 Å². The van der Waals surface area contributed by atoms with Crippen LogP contribution in [0, 0.1) is 0 Å². The second kappa shape index (κ2) is 5.20. The quantitative estimate of drug-likeness (QED) is 0.744. The zero-order chi connectivity index (χ0) is 11.4. The highest BCUT2D eigenvalue weighted by molar-refractivity contribution is 4.95. The van der Waals surface area contributed by atoms with Gasteiger partial charge in [-0.25, -0.2) is 0 Å². The fourth-order valence-electron chi connectivity index (χ4n) is 1.08. The molecule has 3 N–H and O–H groups in total. The Balaban J connectivity index is 2.71. The summed E-state index contributed by atoms with van der Waals surface area (Å²) in [5, 5.41) is 13.0. The molecule has 15 heavy (non-hydrogen) atoms. The third kappa shape index (κ3) is 2.98. The van der Waals surface area contributed by atoms with Gasteiger partial charge in [0.25, 0.3) is 0 Å². The van der Waals surface area contributed by atoms with Gasteiger partial charge in [-0.1, -0.05) is 5.16 Å². The Hall–Kier alpha value is -0.980. The first-order valence-corrected chi connectivity index (χ1v) is 4.95. The van der Waals surface area contributed by atoms with Crippen molar-refractivity contribution in [2.45, 2.75) is 39.0 Å². The minimum Gasteiger partial charge on any atom is -0.391 e. The molecule has 1 heterocycles. The molecule has 0 aliphatic rings. The lowest BCUT2D eigenvalue weighted by atomic mass is 10.2. The fraction of sp³-hybridized carbons (Fsp3) is 0.778. The maximum Gasteiger partial charge on any atom is 0.246 e. The van der Waals surface area contributed by atoms with Crippen LogP contribution in [-0.4, -0.2) is 28.0 Å². The number of hydrogen-bond acceptors (Lipinski definition) is 6. The maximum atomic E-state index is 9.24. The molecule has 0 aromatic carbocycles. The fourth-order valence-corrected chi connectivity index (χ4v) is 1.08. The van der Waals surface area contributed by atoms with Crippen molar-refractivity contribution in [2.24, 2.45) is 5.73 Å². The number of nitrogens with two attached hydrogens (primary N) is 1. The maximum absolute atomic E-state index is 9.24. The molecule has 0 bridgehead atoms. The van der Waals surface area contributed by atoms with E-state index in [1.54, 1.807) is 6.92 Å². The summed E-state index contributed by atoms with van der Waals surface area (Å²) in [6, 6.07) is -0.653. The number of rotatable bonds is 5. The summed E-state index contributed by atoms with van der Waals surface area (Å²) >= 11 is 0. The van der Waals surface area contributed by atoms with Crippen LogP contribution in [0.3, 0.4) is 0 Å². The number of aromatic nitrogens is 2. The summed E-state index contributed by atoms with van der Waals surface area (Å²) in [7, 11) is 0. The van der Waals surface area contributed by atoms with Gasteiger partial charge in [-0.05, 0) is 20.8 Å². The van der Waals surface area contributed by atoms with Gasteiger partial charge in [-0.2, -0.15) is 4.98 Å². The minimum absolute atomic E-state index is 0.228. The van der Waals surface area contributed by atoms with Gasteiger partial charge in [0.1, 0.15) is 12.1 Å². The zero-order valence-electron chi connectivity index (χ0n) is 9.17. The lowest BCUT2D eigenvalue weighted by molar-refractivity contribution is 0.0683. The number of hydrogen-bond donors (Lipinski definition) is 2. The van der Waals surface area contributed by atoms with E-state index in [0.717, 1.165) is 0 Å². The molecule has 86 valence electrons. The monoisotopic (exact) mass is 215 g/mol. The third-order valence-electron chi connectivity index (χ3n) is 2.04. The smallest absolute Gasteiger partial charge is 0.246 e. The van der Waals surface area contributed by atoms with E-state index in [1.165, 1.54) is 0 Å². The van der Waals surface area contributed by atoms with Crippen LogP contribution in [0.4, 0.5) is 0 Å². The first-order valence-electron chi connectivity index (χ1n) is 4.95. The summed E-state index contributed by atoms with van der Waals surface area (Å²) in [5.41, 5.74) is 5.64. The topological polar surface area (TPSA) is 94.4 Å². The van der Waals surface area contributed by atoms with Crippen LogP contribution >= 0.6 is 0 Å². The molecule has 1 aromatic heterocycles. The Labute approximate surface area is 88.4 Å². The van der Waals surface area contributed by atoms with Gasteiger partial charge in [0.15, 0.2) is 5.82 Å². The van der Waals surface area contributed by atoms with E-state index in [0.29, 0.717) is 12.4 Å². The summed E-state index contributed by atoms with van der Waals surface area (Å²) in [4.78, 5) is 4.06. The van der Waals surface area contributed by atoms with Crippen molar-refractivity contribution in [3.05, 3.63) is 11.7 Å². The van der Waals surface area contributed by atoms with Crippen molar-refractivity contribution >= 4 is 0 Å². The summed E-state index contributed by atoms with van der Waals surface area (Å²) in [6.07, 6.45) is -0.950. The third-order valence-corrected chi connectivity index (χ3v) is 2.04. The van der Waals surface area contributed by atoms with E-state index in [-0.39, 0.29) is 12.0 Å². The average Bonchev–Trinajstić information content (AvgIpc) is 2.65. The van der Waals surface area contributed by atoms with Gasteiger partial charge in [-0.15, -0.1) is 0 Å². The molecule has 0 spiro atoms. The van der Waals surface area contributed by atoms with Gasteiger partial charge in [0.05, 0.1) is 6.10 Å². The van der Waals surface area contributed by atoms with Crippen molar-refractivity contribution in [2.75, 3.05) is 6.61 Å². The van der Waals surface area contributed by atoms with Crippen LogP contribution in [0.25, 0.3) is 0 Å². The molecule has 6 nitrogen and oxygen atoms in total. The highest BCUT2D eigenvalue weighted by atomic mass is 16.5. The van der Waals surface area contributed by atoms with E-state index in [4.69, 9.17) is 15.0 Å². The van der Waals surface area contributed by atoms with Gasteiger partial charge in [0, 0.05) is 6.61 Å². The van der Waals surface area contributed by atoms with Gasteiger partial charge in [0.2, 0.25) is 5.89 Å². The molecule has 1 rings (SSSR count). The predicted octanol–water partition coefficient (Wildman–Crippen LogP) is 0.548. The molecule has 6 heteroatoms. The molecular formula is C9H17N3O3. The zero-order valence-corrected chi connectivity index (χ0v) is 9.17. The Kier molecular flexibility index (Phi) is 4.19. The van der Waals surface area contributed by atoms with Gasteiger partial charge >= 0.3 is 0 Å². The summed E-state index contributed by atoms with van der Waals surface area (Å²) < 4.78 is 10.2. The highest BCUT2D eigenvalue weighted by Crippen LogP contribution is 2.17. The first-order chi connectivity index (χ1) is 7.06. The van der Waals surface area contributed by atoms with Crippen molar-refractivity contribution < 1.29 is 14.4 Å². The van der Waals surface area contributed by atoms with Crippen LogP contribution in [0.2, 0.25) is 0 Å². The molecular weight excluding hydrogens is 198 g/mol. The van der Waals surface area contributed by atoms with Crippen molar-refractivity contribution in [1.82, 2.24) is 10.1 Å². The second-order valence-electron chi connectivity index (χ2n) is 3.35. The largest absolute Gasteiger partial charge is 0.391 e. The number of ether oxygens (including phenoxy) is 1. The number of nitrogens with zero attached hydrogens (tertiary/aromatic N) is 2. The van der Waals surface area contributed by atoms with E-state index in [9.17, 15) is 5.11 Å². The molecule has 0 aliphatic heterocycles. The van der Waals surface area contributed by atoms with Crippen molar-refractivity contribution in [3.63, 3.8) is 0 Å². The molecule has 0 saturated heterocycles. The van der Waals surface area contributed by atoms with Crippen LogP contribution in [0.1, 0.15) is 44.6 Å². The Morgan fingerprint density at radius 2 is 2.20 bits per heavy atom. The predicted molar refractivity (Wildman–Crippen MR) is 52.9 cm³/mol. The molecule has 1 aromatic rings. The van der Waals surface area contributed by atoms with Crippen LogP contribution in [0.15, 0.2) is 4.52 Å². The number of aliphatic hydroxyl groups excluding tert-OH is 1. The van der Waals surface area contributed by atoms with Crippen molar-refractivity contribution in [1.29, 1.82) is 0 Å². The first kappa shape index (κ1) is 12.1. The van der Waals surface area contributed by atoms with Crippen LogP contribution in [-0.2, 0) is 4.74 Å². The lowest BCUT2D eigenvalue weighted by Crippen LogP contribution is -2.23. The van der Waals surface area contributed by atoms with Crippen molar-refractivity contribution in [3.8, 4) is 0 Å². The summed E-state index contributed by atoms with van der Waals surface area (Å²) in [6.45, 7) is 5.86. The Bertz CT molecular complexity index is 301. The molecule has 3 atom stereocenters. The van der Waals surface area contributed by atoms with E-state index in [1.807, 2.05) is 13.8 Å². The number of aliphatic hydroxyl groups is 1. The SMILES string of the molecule is CCOC(C)c1noc(C(N)C(C)O)n1. The Morgan fingerprint density at radius 1 is 1.53 bits per heavy atom. The molecule has 0 radical (unpaired) electrons. The van der Waals surface area contributed by atoms with E-state index >= 15 is 0 Å². The van der Waals surface area contributed by atoms with Crippen LogP contribution < -0.4 is 5.73 Å². The standard InChI is InChI=1S/C9H17N3O3/c1-4-14-6(3)8-11-9(15-12-8)7(10)5(2)13/h5-7,13H,4,10H2,1-3H3. The Morgan fingerprint density at radius 3 is 2.73 bits per heavy atom. The summed E-state index contributed by atoms with van der Waals surface area (Å²) in [5.74, 6) is 0.675.